The van der Waals surface area contributed by atoms with Crippen molar-refractivity contribution < 1.29 is 21.6 Å². The number of amides is 1. The SMILES string of the molecule is CNS(=O)(=O)Cc1ccccc1CNC(=O)[C@@H](NS(=O)(=O)/C=C/c1ccccc1)C(C)C. The molecule has 0 aliphatic heterocycles. The van der Waals surface area contributed by atoms with E-state index in [1.165, 1.54) is 13.1 Å². The van der Waals surface area contributed by atoms with Crippen LogP contribution in [-0.4, -0.2) is 35.8 Å². The Morgan fingerprint density at radius 3 is 2.12 bits per heavy atom. The third-order valence-corrected chi connectivity index (χ3v) is 7.10. The van der Waals surface area contributed by atoms with Gasteiger partial charge in [-0.25, -0.2) is 21.6 Å². The van der Waals surface area contributed by atoms with Crippen molar-refractivity contribution in [3.05, 3.63) is 76.7 Å². The summed E-state index contributed by atoms with van der Waals surface area (Å²) in [6.07, 6.45) is 1.45. The summed E-state index contributed by atoms with van der Waals surface area (Å²) in [6, 6.07) is 14.8. The summed E-state index contributed by atoms with van der Waals surface area (Å²) < 4.78 is 53.5. The van der Waals surface area contributed by atoms with Crippen molar-refractivity contribution in [2.45, 2.75) is 32.2 Å². The van der Waals surface area contributed by atoms with Crippen LogP contribution in [0.15, 0.2) is 60.0 Å². The van der Waals surface area contributed by atoms with E-state index in [0.717, 1.165) is 11.0 Å². The normalized spacial score (nSPS) is 13.4. The quantitative estimate of drug-likeness (QED) is 0.455. The van der Waals surface area contributed by atoms with E-state index >= 15 is 0 Å². The summed E-state index contributed by atoms with van der Waals surface area (Å²) in [5.41, 5.74) is 1.90. The number of nitrogens with one attached hydrogen (secondary N) is 3. The number of benzene rings is 2. The zero-order valence-corrected chi connectivity index (χ0v) is 19.9. The fraction of sp³-hybridized carbons (Fsp3) is 0.318. The van der Waals surface area contributed by atoms with Gasteiger partial charge in [-0.05, 0) is 35.7 Å². The molecular weight excluding hydrogens is 450 g/mol. The minimum atomic E-state index is -3.87. The van der Waals surface area contributed by atoms with Gasteiger partial charge in [0.2, 0.25) is 26.0 Å². The highest BCUT2D eigenvalue weighted by Crippen LogP contribution is 2.13. The monoisotopic (exact) mass is 479 g/mol. The fourth-order valence-corrected chi connectivity index (χ4v) is 4.86. The first-order valence-electron chi connectivity index (χ1n) is 10.0. The molecule has 2 rings (SSSR count). The highest BCUT2D eigenvalue weighted by Gasteiger charge is 2.26. The lowest BCUT2D eigenvalue weighted by Crippen LogP contribution is -2.48. The summed E-state index contributed by atoms with van der Waals surface area (Å²) in [6.45, 7) is 3.54. The lowest BCUT2D eigenvalue weighted by atomic mass is 10.0. The van der Waals surface area contributed by atoms with Crippen LogP contribution in [0.25, 0.3) is 6.08 Å². The highest BCUT2D eigenvalue weighted by molar-refractivity contribution is 7.92. The van der Waals surface area contributed by atoms with Gasteiger partial charge in [-0.2, -0.15) is 4.72 Å². The van der Waals surface area contributed by atoms with Crippen LogP contribution in [-0.2, 0) is 37.1 Å². The molecule has 0 unspecified atom stereocenters. The molecule has 0 saturated carbocycles. The number of carbonyl (C=O) groups is 1. The summed E-state index contributed by atoms with van der Waals surface area (Å²) in [7, 11) is -6.01. The molecule has 0 radical (unpaired) electrons. The number of hydrogen-bond donors (Lipinski definition) is 3. The van der Waals surface area contributed by atoms with Gasteiger partial charge in [-0.1, -0.05) is 68.4 Å². The topological polar surface area (TPSA) is 121 Å². The molecular formula is C22H29N3O5S2. The number of rotatable bonds is 11. The molecule has 3 N–H and O–H groups in total. The molecule has 8 nitrogen and oxygen atoms in total. The summed E-state index contributed by atoms with van der Waals surface area (Å²) in [4.78, 5) is 12.8. The molecule has 0 aliphatic carbocycles. The predicted octanol–water partition coefficient (Wildman–Crippen LogP) is 1.97. The maximum absolute atomic E-state index is 12.8. The van der Waals surface area contributed by atoms with Crippen molar-refractivity contribution in [2.24, 2.45) is 5.92 Å². The van der Waals surface area contributed by atoms with Gasteiger partial charge in [-0.15, -0.1) is 0 Å². The van der Waals surface area contributed by atoms with Gasteiger partial charge in [0.15, 0.2) is 0 Å². The van der Waals surface area contributed by atoms with Crippen molar-refractivity contribution in [2.75, 3.05) is 7.05 Å². The van der Waals surface area contributed by atoms with Crippen molar-refractivity contribution in [3.63, 3.8) is 0 Å². The molecule has 0 fully saturated rings. The zero-order valence-electron chi connectivity index (χ0n) is 18.3. The summed E-state index contributed by atoms with van der Waals surface area (Å²) in [5.74, 6) is -1.03. The Kier molecular flexibility index (Phi) is 9.14. The Hall–Kier alpha value is -2.53. The lowest BCUT2D eigenvalue weighted by Gasteiger charge is -2.21. The van der Waals surface area contributed by atoms with E-state index in [1.54, 1.807) is 62.4 Å². The predicted molar refractivity (Wildman–Crippen MR) is 126 cm³/mol. The van der Waals surface area contributed by atoms with E-state index in [0.29, 0.717) is 11.1 Å². The molecule has 1 amide bonds. The van der Waals surface area contributed by atoms with Crippen molar-refractivity contribution in [1.29, 1.82) is 0 Å². The van der Waals surface area contributed by atoms with E-state index in [-0.39, 0.29) is 18.2 Å². The van der Waals surface area contributed by atoms with E-state index < -0.39 is 32.0 Å². The van der Waals surface area contributed by atoms with Gasteiger partial charge in [0.25, 0.3) is 0 Å². The first-order chi connectivity index (χ1) is 15.0. The van der Waals surface area contributed by atoms with Crippen LogP contribution in [0.5, 0.6) is 0 Å². The maximum atomic E-state index is 12.8. The molecule has 0 aliphatic rings. The van der Waals surface area contributed by atoms with Gasteiger partial charge in [0, 0.05) is 12.0 Å². The molecule has 1 atom stereocenters. The van der Waals surface area contributed by atoms with Crippen LogP contribution in [0.4, 0.5) is 0 Å². The Morgan fingerprint density at radius 1 is 0.938 bits per heavy atom. The average molecular weight is 480 g/mol. The van der Waals surface area contributed by atoms with Crippen LogP contribution in [0.2, 0.25) is 0 Å². The van der Waals surface area contributed by atoms with Gasteiger partial charge < -0.3 is 5.32 Å². The molecule has 10 heteroatoms. The third kappa shape index (κ3) is 8.19. The van der Waals surface area contributed by atoms with E-state index in [9.17, 15) is 21.6 Å². The minimum absolute atomic E-state index is 0.0685. The van der Waals surface area contributed by atoms with E-state index in [2.05, 4.69) is 14.8 Å². The summed E-state index contributed by atoms with van der Waals surface area (Å²) >= 11 is 0. The Bertz CT molecular complexity index is 1150. The second kappa shape index (κ2) is 11.4. The molecule has 174 valence electrons. The van der Waals surface area contributed by atoms with Crippen LogP contribution >= 0.6 is 0 Å². The average Bonchev–Trinajstić information content (AvgIpc) is 2.76. The van der Waals surface area contributed by atoms with E-state index in [4.69, 9.17) is 0 Å². The van der Waals surface area contributed by atoms with Crippen LogP contribution < -0.4 is 14.8 Å². The number of hydrogen-bond acceptors (Lipinski definition) is 5. The number of sulfonamides is 2. The second-order valence-corrected chi connectivity index (χ2v) is 11.1. The second-order valence-electron chi connectivity index (χ2n) is 7.55. The van der Waals surface area contributed by atoms with E-state index in [1.807, 2.05) is 6.07 Å². The molecule has 32 heavy (non-hydrogen) atoms. The first kappa shape index (κ1) is 25.7. The van der Waals surface area contributed by atoms with Gasteiger partial charge in [0.05, 0.1) is 5.75 Å². The molecule has 0 bridgehead atoms. The molecule has 0 heterocycles. The first-order valence-corrected chi connectivity index (χ1v) is 13.2. The Morgan fingerprint density at radius 2 is 1.53 bits per heavy atom. The van der Waals surface area contributed by atoms with Crippen molar-refractivity contribution in [1.82, 2.24) is 14.8 Å². The van der Waals surface area contributed by atoms with Crippen molar-refractivity contribution >= 4 is 32.0 Å². The van der Waals surface area contributed by atoms with Gasteiger partial charge >= 0.3 is 0 Å². The highest BCUT2D eigenvalue weighted by atomic mass is 32.2. The Balaban J connectivity index is 2.09. The third-order valence-electron chi connectivity index (χ3n) is 4.71. The van der Waals surface area contributed by atoms with Crippen molar-refractivity contribution in [3.8, 4) is 0 Å². The Labute approximate surface area is 190 Å². The van der Waals surface area contributed by atoms with Crippen LogP contribution in [0.1, 0.15) is 30.5 Å². The van der Waals surface area contributed by atoms with Gasteiger partial charge in [0.1, 0.15) is 6.04 Å². The largest absolute Gasteiger partial charge is 0.351 e. The van der Waals surface area contributed by atoms with Crippen LogP contribution in [0, 0.1) is 5.92 Å². The smallest absolute Gasteiger partial charge is 0.238 e. The fourth-order valence-electron chi connectivity index (χ4n) is 2.88. The van der Waals surface area contributed by atoms with Crippen LogP contribution in [0.3, 0.4) is 0 Å². The molecule has 2 aromatic rings. The molecule has 0 aromatic heterocycles. The zero-order chi connectivity index (χ0) is 23.8. The number of carbonyl (C=O) groups excluding carboxylic acids is 1. The molecule has 2 aromatic carbocycles. The maximum Gasteiger partial charge on any atom is 0.238 e. The molecule has 0 spiro atoms. The minimum Gasteiger partial charge on any atom is -0.351 e. The summed E-state index contributed by atoms with van der Waals surface area (Å²) in [5, 5.41) is 3.75. The van der Waals surface area contributed by atoms with Gasteiger partial charge in [-0.3, -0.25) is 4.79 Å². The lowest BCUT2D eigenvalue weighted by molar-refractivity contribution is -0.123. The molecule has 0 saturated heterocycles. The standard InChI is InChI=1S/C22H29N3O5S2/c1-17(2)21(25-31(27,28)14-13-18-9-5-4-6-10-18)22(26)24-15-19-11-7-8-12-20(19)16-32(29,30)23-3/h4-14,17,21,23,25H,15-16H2,1-3H3,(H,24,26)/b14-13+/t21-/m0/s1.